The van der Waals surface area contributed by atoms with Gasteiger partial charge in [0.15, 0.2) is 0 Å². The fourth-order valence-corrected chi connectivity index (χ4v) is 1.37. The van der Waals surface area contributed by atoms with Crippen LogP contribution in [0.25, 0.3) is 0 Å². The molecule has 1 saturated heterocycles. The average molecular weight is 206 g/mol. The van der Waals surface area contributed by atoms with Crippen molar-refractivity contribution in [3.8, 4) is 0 Å². The van der Waals surface area contributed by atoms with Gasteiger partial charge in [0.1, 0.15) is 0 Å². The summed E-state index contributed by atoms with van der Waals surface area (Å²) in [6, 6.07) is 10.1. The highest BCUT2D eigenvalue weighted by molar-refractivity contribution is 5.41. The second kappa shape index (κ2) is 6.46. The maximum Gasteiger partial charge on any atom is 0.0337 e. The van der Waals surface area contributed by atoms with E-state index in [1.54, 1.807) is 0 Å². The summed E-state index contributed by atoms with van der Waals surface area (Å²) in [6.45, 7) is 8.52. The smallest absolute Gasteiger partial charge is 0.0337 e. The van der Waals surface area contributed by atoms with Crippen LogP contribution in [0.4, 0.5) is 5.69 Å². The number of nitrogens with zero attached hydrogens (tertiary/aromatic N) is 1. The lowest BCUT2D eigenvalue weighted by Crippen LogP contribution is -2.05. The van der Waals surface area contributed by atoms with E-state index in [1.165, 1.54) is 19.6 Å². The van der Waals surface area contributed by atoms with Crippen molar-refractivity contribution < 1.29 is 0 Å². The van der Waals surface area contributed by atoms with Crippen molar-refractivity contribution in [3.63, 3.8) is 0 Å². The Bertz CT molecular complexity index is 252. The third kappa shape index (κ3) is 6.13. The van der Waals surface area contributed by atoms with Gasteiger partial charge in [-0.1, -0.05) is 32.0 Å². The van der Waals surface area contributed by atoms with Crippen molar-refractivity contribution in [1.29, 1.82) is 0 Å². The van der Waals surface area contributed by atoms with Crippen LogP contribution in [0, 0.1) is 5.92 Å². The van der Waals surface area contributed by atoms with Crippen molar-refractivity contribution in [2.24, 2.45) is 5.92 Å². The summed E-state index contributed by atoms with van der Waals surface area (Å²) in [6.07, 6.45) is 0. The highest BCUT2D eigenvalue weighted by Crippen LogP contribution is 2.06. The SMILES string of the molecule is CC(C)CN1CC1.CNc1ccccc1. The molecule has 0 bridgehead atoms. The number of rotatable bonds is 3. The van der Waals surface area contributed by atoms with E-state index in [1.807, 2.05) is 37.4 Å². The van der Waals surface area contributed by atoms with E-state index in [0.717, 1.165) is 11.6 Å². The minimum atomic E-state index is 0.863. The predicted octanol–water partition coefficient (Wildman–Crippen LogP) is 2.69. The van der Waals surface area contributed by atoms with Crippen LogP contribution in [0.15, 0.2) is 30.3 Å². The zero-order chi connectivity index (χ0) is 11.1. The monoisotopic (exact) mass is 206 g/mol. The molecular formula is C13H22N2. The Morgan fingerprint density at radius 1 is 1.20 bits per heavy atom. The first-order valence-corrected chi connectivity index (χ1v) is 5.67. The van der Waals surface area contributed by atoms with Gasteiger partial charge in [-0.15, -0.1) is 0 Å². The first-order valence-electron chi connectivity index (χ1n) is 5.67. The Morgan fingerprint density at radius 2 is 1.80 bits per heavy atom. The van der Waals surface area contributed by atoms with Crippen LogP contribution >= 0.6 is 0 Å². The minimum Gasteiger partial charge on any atom is -0.388 e. The van der Waals surface area contributed by atoms with Crippen molar-refractivity contribution in [2.75, 3.05) is 32.0 Å². The second-order valence-electron chi connectivity index (χ2n) is 4.31. The van der Waals surface area contributed by atoms with Crippen LogP contribution in [0.2, 0.25) is 0 Å². The summed E-state index contributed by atoms with van der Waals surface area (Å²) < 4.78 is 0. The van der Waals surface area contributed by atoms with E-state index in [2.05, 4.69) is 24.1 Å². The summed E-state index contributed by atoms with van der Waals surface area (Å²) in [5, 5.41) is 3.03. The molecule has 84 valence electrons. The van der Waals surface area contributed by atoms with Crippen molar-refractivity contribution in [2.45, 2.75) is 13.8 Å². The Labute approximate surface area is 93.3 Å². The Morgan fingerprint density at radius 3 is 2.07 bits per heavy atom. The number of hydrogen-bond acceptors (Lipinski definition) is 2. The molecule has 1 aromatic carbocycles. The van der Waals surface area contributed by atoms with Crippen molar-refractivity contribution >= 4 is 5.69 Å². The Kier molecular flexibility index (Phi) is 5.19. The molecule has 1 fully saturated rings. The van der Waals surface area contributed by atoms with Gasteiger partial charge in [0.25, 0.3) is 0 Å². The summed E-state index contributed by atoms with van der Waals surface area (Å²) in [7, 11) is 1.91. The van der Waals surface area contributed by atoms with Crippen LogP contribution < -0.4 is 5.32 Å². The molecule has 0 saturated carbocycles. The van der Waals surface area contributed by atoms with Gasteiger partial charge < -0.3 is 10.2 Å². The lowest BCUT2D eigenvalue weighted by molar-refractivity contribution is 0.459. The third-order valence-electron chi connectivity index (χ3n) is 2.23. The molecule has 2 nitrogen and oxygen atoms in total. The van der Waals surface area contributed by atoms with E-state index in [0.29, 0.717) is 0 Å². The van der Waals surface area contributed by atoms with Crippen LogP contribution in [-0.2, 0) is 0 Å². The molecule has 1 N–H and O–H groups in total. The van der Waals surface area contributed by atoms with E-state index in [4.69, 9.17) is 0 Å². The highest BCUT2D eigenvalue weighted by atomic mass is 15.3. The van der Waals surface area contributed by atoms with Crippen molar-refractivity contribution in [1.82, 2.24) is 4.90 Å². The zero-order valence-electron chi connectivity index (χ0n) is 10.0. The highest BCUT2D eigenvalue weighted by Gasteiger charge is 2.16. The second-order valence-corrected chi connectivity index (χ2v) is 4.31. The molecule has 1 aliphatic rings. The van der Waals surface area contributed by atoms with Crippen molar-refractivity contribution in [3.05, 3.63) is 30.3 Å². The lowest BCUT2D eigenvalue weighted by atomic mass is 10.2. The van der Waals surface area contributed by atoms with Gasteiger partial charge in [-0.2, -0.15) is 0 Å². The van der Waals surface area contributed by atoms with Gasteiger partial charge in [-0.05, 0) is 18.1 Å². The molecule has 0 aromatic heterocycles. The number of hydrogen-bond donors (Lipinski definition) is 1. The topological polar surface area (TPSA) is 15.0 Å². The molecule has 1 aliphatic heterocycles. The number of anilines is 1. The largest absolute Gasteiger partial charge is 0.388 e. The molecule has 0 radical (unpaired) electrons. The zero-order valence-corrected chi connectivity index (χ0v) is 10.0. The van der Waals surface area contributed by atoms with E-state index in [9.17, 15) is 0 Å². The van der Waals surface area contributed by atoms with Crippen LogP contribution in [-0.4, -0.2) is 31.6 Å². The van der Waals surface area contributed by atoms with Gasteiger partial charge in [-0.25, -0.2) is 0 Å². The van der Waals surface area contributed by atoms with E-state index in [-0.39, 0.29) is 0 Å². The Balaban J connectivity index is 0.000000151. The molecule has 15 heavy (non-hydrogen) atoms. The molecule has 0 amide bonds. The molecule has 0 unspecified atom stereocenters. The summed E-state index contributed by atoms with van der Waals surface area (Å²) in [5.74, 6) is 0.863. The van der Waals surface area contributed by atoms with Gasteiger partial charge in [0.2, 0.25) is 0 Å². The molecule has 1 heterocycles. The maximum absolute atomic E-state index is 3.03. The van der Waals surface area contributed by atoms with Gasteiger partial charge in [0, 0.05) is 32.4 Å². The molecule has 1 aromatic rings. The minimum absolute atomic E-state index is 0.863. The fourth-order valence-electron chi connectivity index (χ4n) is 1.37. The van der Waals surface area contributed by atoms with Crippen LogP contribution in [0.3, 0.4) is 0 Å². The van der Waals surface area contributed by atoms with E-state index >= 15 is 0 Å². The molecular weight excluding hydrogens is 184 g/mol. The first-order chi connectivity index (χ1) is 7.22. The summed E-state index contributed by atoms with van der Waals surface area (Å²) in [4.78, 5) is 2.45. The number of nitrogens with one attached hydrogen (secondary N) is 1. The summed E-state index contributed by atoms with van der Waals surface area (Å²) in [5.41, 5.74) is 1.16. The third-order valence-corrected chi connectivity index (χ3v) is 2.23. The van der Waals surface area contributed by atoms with E-state index < -0.39 is 0 Å². The fraction of sp³-hybridized carbons (Fsp3) is 0.538. The van der Waals surface area contributed by atoms with Crippen LogP contribution in [0.1, 0.15) is 13.8 Å². The average Bonchev–Trinajstić information content (AvgIpc) is 3.03. The number of benzene rings is 1. The molecule has 0 aliphatic carbocycles. The standard InChI is InChI=1S/C7H9N.C6H13N/c1-8-7-5-3-2-4-6-7;1-6(2)5-7-3-4-7/h2-6,8H,1H3;6H,3-5H2,1-2H3. The maximum atomic E-state index is 3.03. The molecule has 0 atom stereocenters. The predicted molar refractivity (Wildman–Crippen MR) is 67.3 cm³/mol. The first kappa shape index (κ1) is 12.1. The molecule has 2 rings (SSSR count). The summed E-state index contributed by atoms with van der Waals surface area (Å²) >= 11 is 0. The molecule has 0 spiro atoms. The van der Waals surface area contributed by atoms with Gasteiger partial charge in [-0.3, -0.25) is 0 Å². The quantitative estimate of drug-likeness (QED) is 0.765. The van der Waals surface area contributed by atoms with Gasteiger partial charge >= 0.3 is 0 Å². The Hall–Kier alpha value is -1.02. The normalized spacial score (nSPS) is 14.4. The van der Waals surface area contributed by atoms with Gasteiger partial charge in [0.05, 0.1) is 0 Å². The number of para-hydroxylation sites is 1. The lowest BCUT2D eigenvalue weighted by Gasteiger charge is -2.01. The van der Waals surface area contributed by atoms with Crippen LogP contribution in [0.5, 0.6) is 0 Å². The molecule has 2 heteroatoms.